The van der Waals surface area contributed by atoms with E-state index >= 15 is 0 Å². The molecule has 1 atom stereocenters. The second-order valence-corrected chi connectivity index (χ2v) is 3.20. The topological polar surface area (TPSA) is 34.1 Å². The second-order valence-electron chi connectivity index (χ2n) is 3.20. The van der Waals surface area contributed by atoms with Crippen LogP contribution in [-0.2, 0) is 4.79 Å². The second kappa shape index (κ2) is 4.13. The predicted molar refractivity (Wildman–Crippen MR) is 50.6 cm³/mol. The fourth-order valence-corrected chi connectivity index (χ4v) is 1.05. The number of benzene rings is 1. The molecule has 0 radical (unpaired) electrons. The molecule has 0 saturated heterocycles. The van der Waals surface area contributed by atoms with Crippen LogP contribution in [0.4, 0.5) is 4.39 Å². The SMILES string of the molecule is CC(=O)C(C)C(=O)c1ccc(F)cc1. The van der Waals surface area contributed by atoms with Gasteiger partial charge >= 0.3 is 0 Å². The Hall–Kier alpha value is -1.51. The van der Waals surface area contributed by atoms with Gasteiger partial charge in [-0.05, 0) is 38.1 Å². The van der Waals surface area contributed by atoms with Crippen molar-refractivity contribution >= 4 is 11.6 Å². The zero-order valence-corrected chi connectivity index (χ0v) is 8.08. The Kier molecular flexibility index (Phi) is 3.12. The summed E-state index contributed by atoms with van der Waals surface area (Å²) in [6.45, 7) is 2.92. The van der Waals surface area contributed by atoms with Crippen molar-refractivity contribution in [3.05, 3.63) is 35.6 Å². The maximum absolute atomic E-state index is 12.5. The molecule has 0 saturated carbocycles. The van der Waals surface area contributed by atoms with E-state index in [1.807, 2.05) is 0 Å². The van der Waals surface area contributed by atoms with Gasteiger partial charge < -0.3 is 0 Å². The van der Waals surface area contributed by atoms with Crippen LogP contribution < -0.4 is 0 Å². The summed E-state index contributed by atoms with van der Waals surface area (Å²) in [4.78, 5) is 22.5. The molecular formula is C11H11FO2. The highest BCUT2D eigenvalue weighted by atomic mass is 19.1. The van der Waals surface area contributed by atoms with E-state index in [9.17, 15) is 14.0 Å². The van der Waals surface area contributed by atoms with Crippen molar-refractivity contribution in [2.24, 2.45) is 5.92 Å². The molecule has 14 heavy (non-hydrogen) atoms. The van der Waals surface area contributed by atoms with E-state index < -0.39 is 11.7 Å². The molecule has 0 aliphatic heterocycles. The van der Waals surface area contributed by atoms with E-state index in [1.54, 1.807) is 6.92 Å². The van der Waals surface area contributed by atoms with Gasteiger partial charge in [0.15, 0.2) is 5.78 Å². The summed E-state index contributed by atoms with van der Waals surface area (Å²) < 4.78 is 12.5. The Bertz CT molecular complexity index is 354. The molecule has 0 heterocycles. The van der Waals surface area contributed by atoms with Crippen molar-refractivity contribution < 1.29 is 14.0 Å². The van der Waals surface area contributed by atoms with Crippen LogP contribution in [0.25, 0.3) is 0 Å². The van der Waals surface area contributed by atoms with Gasteiger partial charge in [0.05, 0.1) is 5.92 Å². The Morgan fingerprint density at radius 2 is 1.71 bits per heavy atom. The van der Waals surface area contributed by atoms with Gasteiger partial charge in [0.2, 0.25) is 0 Å². The molecule has 0 aromatic heterocycles. The van der Waals surface area contributed by atoms with Gasteiger partial charge in [-0.25, -0.2) is 4.39 Å². The van der Waals surface area contributed by atoms with Gasteiger partial charge in [-0.1, -0.05) is 0 Å². The lowest BCUT2D eigenvalue weighted by atomic mass is 9.96. The quantitative estimate of drug-likeness (QED) is 0.546. The first-order valence-electron chi connectivity index (χ1n) is 4.32. The van der Waals surface area contributed by atoms with Crippen molar-refractivity contribution in [2.45, 2.75) is 13.8 Å². The number of hydrogen-bond acceptors (Lipinski definition) is 2. The smallest absolute Gasteiger partial charge is 0.173 e. The summed E-state index contributed by atoms with van der Waals surface area (Å²) in [5, 5.41) is 0. The molecule has 0 N–H and O–H groups in total. The van der Waals surface area contributed by atoms with Crippen LogP contribution in [0.3, 0.4) is 0 Å². The summed E-state index contributed by atoms with van der Waals surface area (Å²) in [6, 6.07) is 5.19. The Morgan fingerprint density at radius 3 is 2.14 bits per heavy atom. The van der Waals surface area contributed by atoms with Gasteiger partial charge in [-0.2, -0.15) is 0 Å². The maximum Gasteiger partial charge on any atom is 0.173 e. The number of halogens is 1. The van der Waals surface area contributed by atoms with E-state index in [0.717, 1.165) is 0 Å². The summed E-state index contributed by atoms with van der Waals surface area (Å²) in [7, 11) is 0. The van der Waals surface area contributed by atoms with E-state index in [4.69, 9.17) is 0 Å². The molecule has 2 nitrogen and oxygen atoms in total. The molecule has 0 spiro atoms. The molecule has 0 amide bonds. The lowest BCUT2D eigenvalue weighted by Crippen LogP contribution is -2.18. The highest BCUT2D eigenvalue weighted by molar-refractivity contribution is 6.09. The van der Waals surface area contributed by atoms with Crippen molar-refractivity contribution in [1.29, 1.82) is 0 Å². The number of rotatable bonds is 3. The highest BCUT2D eigenvalue weighted by Crippen LogP contribution is 2.10. The molecule has 0 aliphatic rings. The van der Waals surface area contributed by atoms with Gasteiger partial charge in [0.1, 0.15) is 11.6 Å². The molecule has 3 heteroatoms. The predicted octanol–water partition coefficient (Wildman–Crippen LogP) is 2.23. The van der Waals surface area contributed by atoms with Crippen LogP contribution in [-0.4, -0.2) is 11.6 Å². The summed E-state index contributed by atoms with van der Waals surface area (Å²) >= 11 is 0. The van der Waals surface area contributed by atoms with Crippen LogP contribution in [0, 0.1) is 11.7 Å². The van der Waals surface area contributed by atoms with Crippen molar-refractivity contribution in [1.82, 2.24) is 0 Å². The Balaban J connectivity index is 2.90. The molecule has 0 fully saturated rings. The van der Waals surface area contributed by atoms with Gasteiger partial charge in [0.25, 0.3) is 0 Å². The molecular weight excluding hydrogens is 183 g/mol. The monoisotopic (exact) mass is 194 g/mol. The van der Waals surface area contributed by atoms with E-state index in [0.29, 0.717) is 5.56 Å². The first-order valence-corrected chi connectivity index (χ1v) is 4.32. The Morgan fingerprint density at radius 1 is 1.21 bits per heavy atom. The number of carbonyl (C=O) groups is 2. The zero-order chi connectivity index (χ0) is 10.7. The van der Waals surface area contributed by atoms with Gasteiger partial charge in [0, 0.05) is 5.56 Å². The Labute approximate surface area is 81.7 Å². The average Bonchev–Trinajstić information content (AvgIpc) is 2.16. The third-order valence-electron chi connectivity index (χ3n) is 2.13. The van der Waals surface area contributed by atoms with Gasteiger partial charge in [-0.15, -0.1) is 0 Å². The van der Waals surface area contributed by atoms with E-state index in [2.05, 4.69) is 0 Å². The minimum atomic E-state index is -0.652. The lowest BCUT2D eigenvalue weighted by molar-refractivity contribution is -0.118. The van der Waals surface area contributed by atoms with Crippen molar-refractivity contribution in [3.63, 3.8) is 0 Å². The fourth-order valence-electron chi connectivity index (χ4n) is 1.05. The average molecular weight is 194 g/mol. The first kappa shape index (κ1) is 10.6. The third kappa shape index (κ3) is 2.25. The van der Waals surface area contributed by atoms with Crippen LogP contribution >= 0.6 is 0 Å². The van der Waals surface area contributed by atoms with E-state index in [-0.39, 0.29) is 11.6 Å². The largest absolute Gasteiger partial charge is 0.299 e. The minimum absolute atomic E-state index is 0.181. The van der Waals surface area contributed by atoms with Crippen molar-refractivity contribution in [3.8, 4) is 0 Å². The zero-order valence-electron chi connectivity index (χ0n) is 8.08. The minimum Gasteiger partial charge on any atom is -0.299 e. The summed E-state index contributed by atoms with van der Waals surface area (Å²) in [5.74, 6) is -1.49. The summed E-state index contributed by atoms with van der Waals surface area (Å²) in [6.07, 6.45) is 0. The van der Waals surface area contributed by atoms with Crippen molar-refractivity contribution in [2.75, 3.05) is 0 Å². The van der Waals surface area contributed by atoms with Gasteiger partial charge in [-0.3, -0.25) is 9.59 Å². The molecule has 1 unspecified atom stereocenters. The molecule has 0 bridgehead atoms. The third-order valence-corrected chi connectivity index (χ3v) is 2.13. The van der Waals surface area contributed by atoms with Crippen LogP contribution in [0.15, 0.2) is 24.3 Å². The molecule has 0 aliphatic carbocycles. The van der Waals surface area contributed by atoms with Crippen LogP contribution in [0.2, 0.25) is 0 Å². The van der Waals surface area contributed by atoms with Crippen LogP contribution in [0.5, 0.6) is 0 Å². The molecule has 1 aromatic carbocycles. The summed E-state index contributed by atoms with van der Waals surface area (Å²) in [5.41, 5.74) is 0.370. The fraction of sp³-hybridized carbons (Fsp3) is 0.273. The maximum atomic E-state index is 12.5. The standard InChI is InChI=1S/C11H11FO2/c1-7(8(2)13)11(14)9-3-5-10(12)6-4-9/h3-7H,1-2H3. The normalized spacial score (nSPS) is 12.2. The number of hydrogen-bond donors (Lipinski definition) is 0. The van der Waals surface area contributed by atoms with Crippen LogP contribution in [0.1, 0.15) is 24.2 Å². The number of carbonyl (C=O) groups excluding carboxylic acids is 2. The van der Waals surface area contributed by atoms with E-state index in [1.165, 1.54) is 31.2 Å². The number of Topliss-reactive ketones (excluding diaryl/α,β-unsaturated/α-hetero) is 2. The molecule has 1 rings (SSSR count). The first-order chi connectivity index (χ1) is 6.52. The highest BCUT2D eigenvalue weighted by Gasteiger charge is 2.18. The molecule has 74 valence electrons. The lowest BCUT2D eigenvalue weighted by Gasteiger charge is -2.05. The number of ketones is 2. The molecule has 1 aromatic rings.